The first-order valence-electron chi connectivity index (χ1n) is 7.94. The summed E-state index contributed by atoms with van der Waals surface area (Å²) in [5.41, 5.74) is 6.05. The van der Waals surface area contributed by atoms with Crippen molar-refractivity contribution < 1.29 is 13.9 Å². The number of hydrogen-bond donors (Lipinski definition) is 3. The number of benzene rings is 2. The van der Waals surface area contributed by atoms with E-state index in [1.165, 1.54) is 29.5 Å². The number of aromatic hydroxyl groups is 1. The zero-order valence-corrected chi connectivity index (χ0v) is 14.3. The Hall–Kier alpha value is -2.77. The normalized spacial score (nSPS) is 11.5. The summed E-state index contributed by atoms with van der Waals surface area (Å²) >= 11 is 1.27. The van der Waals surface area contributed by atoms with Gasteiger partial charge in [-0.05, 0) is 54.2 Å². The molecule has 0 saturated carbocycles. The average Bonchev–Trinajstić information content (AvgIpc) is 3.09. The van der Waals surface area contributed by atoms with Gasteiger partial charge in [0.1, 0.15) is 22.1 Å². The van der Waals surface area contributed by atoms with E-state index in [0.29, 0.717) is 21.0 Å². The quantitative estimate of drug-likeness (QED) is 0.510. The summed E-state index contributed by atoms with van der Waals surface area (Å²) < 4.78 is 29.3. The van der Waals surface area contributed by atoms with Crippen LogP contribution in [0.3, 0.4) is 0 Å². The molecule has 0 fully saturated rings. The molecule has 0 unspecified atom stereocenters. The number of phenolic OH excluding ortho intramolecular Hbond substituents is 1. The fraction of sp³-hybridized carbons (Fsp3) is 0.105. The van der Waals surface area contributed by atoms with Gasteiger partial charge in [0.2, 0.25) is 0 Å². The molecule has 0 amide bonds. The van der Waals surface area contributed by atoms with Gasteiger partial charge in [0.15, 0.2) is 0 Å². The maximum atomic E-state index is 14.4. The maximum absolute atomic E-state index is 14.4. The first-order chi connectivity index (χ1) is 12.5. The molecule has 0 radical (unpaired) electrons. The summed E-state index contributed by atoms with van der Waals surface area (Å²) in [5.74, 6) is -1.55. The molecule has 0 atom stereocenters. The van der Waals surface area contributed by atoms with Gasteiger partial charge in [0.25, 0.3) is 5.56 Å². The van der Waals surface area contributed by atoms with Gasteiger partial charge in [0, 0.05) is 27.4 Å². The number of aromatic amines is 1. The third kappa shape index (κ3) is 2.48. The lowest BCUT2D eigenvalue weighted by atomic mass is 9.95. The molecule has 4 nitrogen and oxygen atoms in total. The number of pyridine rings is 1. The second-order valence-corrected chi connectivity index (χ2v) is 6.87. The van der Waals surface area contributed by atoms with Crippen LogP contribution in [0.1, 0.15) is 5.56 Å². The van der Waals surface area contributed by atoms with E-state index < -0.39 is 11.6 Å². The number of halogens is 2. The Bertz CT molecular complexity index is 1190. The number of nitrogens with one attached hydrogen (secondary N) is 1. The number of phenols is 1. The van der Waals surface area contributed by atoms with Crippen molar-refractivity contribution >= 4 is 32.3 Å². The molecule has 7 heteroatoms. The van der Waals surface area contributed by atoms with Gasteiger partial charge in [-0.2, -0.15) is 0 Å². The van der Waals surface area contributed by atoms with Gasteiger partial charge in [-0.1, -0.05) is 0 Å². The molecule has 2 aromatic heterocycles. The van der Waals surface area contributed by atoms with E-state index in [1.54, 1.807) is 17.5 Å². The standard InChI is InChI=1S/C19H14F2N2O2S/c20-12-7-9(8-13(21)10(12)3-5-22)16-15(24)2-1-14-17(16)11-4-6-26-18(11)19(25)23-14/h1-2,4,6-8,24H,3,5,22H2,(H,23,25). The number of thiophene rings is 1. The van der Waals surface area contributed by atoms with Gasteiger partial charge < -0.3 is 15.8 Å². The molecule has 0 aliphatic rings. The number of fused-ring (bicyclic) bond motifs is 3. The van der Waals surface area contributed by atoms with E-state index in [4.69, 9.17) is 5.73 Å². The largest absolute Gasteiger partial charge is 0.507 e. The number of rotatable bonds is 3. The van der Waals surface area contributed by atoms with Crippen LogP contribution in [0.2, 0.25) is 0 Å². The summed E-state index contributed by atoms with van der Waals surface area (Å²) in [7, 11) is 0. The lowest BCUT2D eigenvalue weighted by molar-refractivity contribution is 0.478. The Morgan fingerprint density at radius 3 is 2.58 bits per heavy atom. The molecular formula is C19H14F2N2O2S. The molecule has 2 heterocycles. The molecule has 0 saturated heterocycles. The van der Waals surface area contributed by atoms with Crippen LogP contribution in [0.25, 0.3) is 32.1 Å². The summed E-state index contributed by atoms with van der Waals surface area (Å²) in [5, 5.41) is 13.4. The van der Waals surface area contributed by atoms with Crippen LogP contribution >= 0.6 is 11.3 Å². The number of H-pyrrole nitrogens is 1. The zero-order valence-electron chi connectivity index (χ0n) is 13.5. The first-order valence-corrected chi connectivity index (χ1v) is 8.82. The van der Waals surface area contributed by atoms with E-state index in [-0.39, 0.29) is 41.0 Å². The van der Waals surface area contributed by atoms with E-state index in [1.807, 2.05) is 0 Å². The van der Waals surface area contributed by atoms with Gasteiger partial charge in [-0.25, -0.2) is 8.78 Å². The van der Waals surface area contributed by atoms with Crippen molar-refractivity contribution in [3.05, 3.63) is 63.3 Å². The van der Waals surface area contributed by atoms with Crippen LogP contribution < -0.4 is 11.3 Å². The van der Waals surface area contributed by atoms with Gasteiger partial charge in [-0.3, -0.25) is 4.79 Å². The Balaban J connectivity index is 2.11. The van der Waals surface area contributed by atoms with Crippen molar-refractivity contribution in [3.8, 4) is 16.9 Å². The first kappa shape index (κ1) is 16.7. The minimum atomic E-state index is -0.715. The summed E-state index contributed by atoms with van der Waals surface area (Å²) in [6.45, 7) is 0.128. The van der Waals surface area contributed by atoms with Crippen LogP contribution in [-0.2, 0) is 6.42 Å². The Morgan fingerprint density at radius 1 is 1.15 bits per heavy atom. The Labute approximate surface area is 150 Å². The Morgan fingerprint density at radius 2 is 1.88 bits per heavy atom. The third-order valence-corrected chi connectivity index (χ3v) is 5.31. The minimum Gasteiger partial charge on any atom is -0.507 e. The lowest BCUT2D eigenvalue weighted by Crippen LogP contribution is -2.07. The highest BCUT2D eigenvalue weighted by Gasteiger charge is 2.18. The van der Waals surface area contributed by atoms with Gasteiger partial charge >= 0.3 is 0 Å². The van der Waals surface area contributed by atoms with Gasteiger partial charge in [0.05, 0.1) is 0 Å². The molecule has 26 heavy (non-hydrogen) atoms. The smallest absolute Gasteiger partial charge is 0.266 e. The number of nitrogens with two attached hydrogens (primary N) is 1. The summed E-state index contributed by atoms with van der Waals surface area (Å²) in [6.07, 6.45) is 0.0849. The van der Waals surface area contributed by atoms with E-state index >= 15 is 0 Å². The highest BCUT2D eigenvalue weighted by atomic mass is 32.1. The highest BCUT2D eigenvalue weighted by molar-refractivity contribution is 7.17. The third-order valence-electron chi connectivity index (χ3n) is 4.40. The molecule has 0 aliphatic carbocycles. The fourth-order valence-corrected chi connectivity index (χ4v) is 4.05. The monoisotopic (exact) mass is 372 g/mol. The minimum absolute atomic E-state index is 0.0786. The molecule has 2 aromatic carbocycles. The van der Waals surface area contributed by atoms with E-state index in [0.717, 1.165) is 0 Å². The molecule has 132 valence electrons. The SMILES string of the molecule is NCCc1c(F)cc(-c2c(O)ccc3[nH]c(=O)c4sccc4c23)cc1F. The van der Waals surface area contributed by atoms with Crippen molar-refractivity contribution in [1.29, 1.82) is 0 Å². The van der Waals surface area contributed by atoms with Crippen LogP contribution in [0.15, 0.2) is 40.5 Å². The molecule has 0 spiro atoms. The predicted molar refractivity (Wildman–Crippen MR) is 99.7 cm³/mol. The number of hydrogen-bond acceptors (Lipinski definition) is 4. The molecule has 4 aromatic rings. The average molecular weight is 372 g/mol. The highest BCUT2D eigenvalue weighted by Crippen LogP contribution is 2.40. The van der Waals surface area contributed by atoms with Crippen LogP contribution in [0, 0.1) is 11.6 Å². The second kappa shape index (κ2) is 6.19. The predicted octanol–water partition coefficient (Wildman–Crippen LogP) is 3.89. The summed E-state index contributed by atoms with van der Waals surface area (Å²) in [4.78, 5) is 14.9. The van der Waals surface area contributed by atoms with Crippen LogP contribution in [-0.4, -0.2) is 16.6 Å². The molecular weight excluding hydrogens is 358 g/mol. The van der Waals surface area contributed by atoms with Crippen LogP contribution in [0.5, 0.6) is 5.75 Å². The van der Waals surface area contributed by atoms with E-state index in [2.05, 4.69) is 4.98 Å². The van der Waals surface area contributed by atoms with Crippen molar-refractivity contribution in [2.45, 2.75) is 6.42 Å². The number of aromatic nitrogens is 1. The Kier molecular flexibility index (Phi) is 3.97. The van der Waals surface area contributed by atoms with E-state index in [9.17, 15) is 18.7 Å². The van der Waals surface area contributed by atoms with Crippen molar-refractivity contribution in [1.82, 2.24) is 4.98 Å². The zero-order chi connectivity index (χ0) is 18.4. The van der Waals surface area contributed by atoms with Gasteiger partial charge in [-0.15, -0.1) is 11.3 Å². The fourth-order valence-electron chi connectivity index (χ4n) is 3.26. The second-order valence-electron chi connectivity index (χ2n) is 5.96. The molecule has 4 N–H and O–H groups in total. The molecule has 4 rings (SSSR count). The maximum Gasteiger partial charge on any atom is 0.266 e. The van der Waals surface area contributed by atoms with Crippen molar-refractivity contribution in [2.75, 3.05) is 6.54 Å². The molecule has 0 aliphatic heterocycles. The van der Waals surface area contributed by atoms with Crippen LogP contribution in [0.4, 0.5) is 8.78 Å². The topological polar surface area (TPSA) is 79.1 Å². The van der Waals surface area contributed by atoms with Crippen molar-refractivity contribution in [3.63, 3.8) is 0 Å². The lowest BCUT2D eigenvalue weighted by Gasteiger charge is -2.13. The molecule has 0 bridgehead atoms. The summed E-state index contributed by atoms with van der Waals surface area (Å²) in [6, 6.07) is 7.10. The van der Waals surface area contributed by atoms with Crippen molar-refractivity contribution in [2.24, 2.45) is 5.73 Å².